The fourth-order valence-corrected chi connectivity index (χ4v) is 4.28. The van der Waals surface area contributed by atoms with Crippen molar-refractivity contribution in [2.45, 2.75) is 31.8 Å². The molecule has 3 atom stereocenters. The summed E-state index contributed by atoms with van der Waals surface area (Å²) in [5, 5.41) is 9.55. The molecule has 1 aromatic heterocycles. The molecule has 2 bridgehead atoms. The first-order valence-electron chi connectivity index (χ1n) is 8.05. The normalized spacial score (nSPS) is 25.5. The van der Waals surface area contributed by atoms with Gasteiger partial charge in [-0.3, -0.25) is 4.79 Å². The smallest absolute Gasteiger partial charge is 0.251 e. The van der Waals surface area contributed by atoms with Gasteiger partial charge in [0.25, 0.3) is 5.91 Å². The van der Waals surface area contributed by atoms with Crippen LogP contribution >= 0.6 is 11.3 Å². The molecule has 4 rings (SSSR count). The number of hydrogen-bond donors (Lipinski definition) is 2. The van der Waals surface area contributed by atoms with Crippen molar-refractivity contribution in [3.63, 3.8) is 0 Å². The lowest BCUT2D eigenvalue weighted by molar-refractivity contribution is 0.0928. The highest BCUT2D eigenvalue weighted by atomic mass is 32.1. The molecule has 3 unspecified atom stereocenters. The van der Waals surface area contributed by atoms with Gasteiger partial charge in [-0.1, -0.05) is 0 Å². The topological polar surface area (TPSA) is 50.4 Å². The highest BCUT2D eigenvalue weighted by molar-refractivity contribution is 7.12. The third-order valence-electron chi connectivity index (χ3n) is 4.69. The Kier molecular flexibility index (Phi) is 3.83. The Bertz CT molecular complexity index is 710. The summed E-state index contributed by atoms with van der Waals surface area (Å²) in [6.07, 6.45) is 2.29. The van der Waals surface area contributed by atoms with Crippen LogP contribution in [0.1, 0.15) is 28.8 Å². The first kappa shape index (κ1) is 14.7. The summed E-state index contributed by atoms with van der Waals surface area (Å²) < 4.78 is 5.78. The van der Waals surface area contributed by atoms with Gasteiger partial charge in [0.15, 0.2) is 5.06 Å². The van der Waals surface area contributed by atoms with Crippen LogP contribution in [-0.4, -0.2) is 24.5 Å². The molecule has 23 heavy (non-hydrogen) atoms. The molecule has 1 saturated heterocycles. The van der Waals surface area contributed by atoms with Crippen LogP contribution in [0.5, 0.6) is 10.8 Å². The quantitative estimate of drug-likeness (QED) is 0.905. The maximum atomic E-state index is 12.4. The maximum absolute atomic E-state index is 12.4. The monoisotopic (exact) mass is 328 g/mol. The van der Waals surface area contributed by atoms with Crippen LogP contribution in [0.25, 0.3) is 0 Å². The van der Waals surface area contributed by atoms with Crippen molar-refractivity contribution < 1.29 is 9.53 Å². The molecule has 2 aliphatic rings. The van der Waals surface area contributed by atoms with Crippen molar-refractivity contribution in [3.8, 4) is 10.8 Å². The summed E-state index contributed by atoms with van der Waals surface area (Å²) >= 11 is 1.57. The molecule has 1 aromatic carbocycles. The predicted molar refractivity (Wildman–Crippen MR) is 91.3 cm³/mol. The van der Waals surface area contributed by atoms with Crippen LogP contribution < -0.4 is 15.4 Å². The molecule has 0 spiro atoms. The highest BCUT2D eigenvalue weighted by Crippen LogP contribution is 2.31. The van der Waals surface area contributed by atoms with E-state index in [1.807, 2.05) is 37.3 Å². The lowest BCUT2D eigenvalue weighted by atomic mass is 10.1. The molecule has 5 heteroatoms. The predicted octanol–water partition coefficient (Wildman–Crippen LogP) is 3.33. The zero-order valence-corrected chi connectivity index (χ0v) is 13.9. The van der Waals surface area contributed by atoms with Gasteiger partial charge in [-0.05, 0) is 73.5 Å². The number of ether oxygens (including phenoxy) is 1. The van der Waals surface area contributed by atoms with Crippen LogP contribution in [0.2, 0.25) is 0 Å². The number of benzene rings is 1. The van der Waals surface area contributed by atoms with Crippen LogP contribution in [0, 0.1) is 12.8 Å². The van der Waals surface area contributed by atoms with Crippen LogP contribution in [0.4, 0.5) is 0 Å². The number of amides is 1. The molecule has 2 heterocycles. The van der Waals surface area contributed by atoms with E-state index in [1.54, 1.807) is 11.3 Å². The van der Waals surface area contributed by atoms with Crippen LogP contribution in [-0.2, 0) is 0 Å². The Balaban J connectivity index is 1.38. The second-order valence-electron chi connectivity index (χ2n) is 6.50. The number of rotatable bonds is 4. The molecule has 1 aliphatic carbocycles. The van der Waals surface area contributed by atoms with Gasteiger partial charge in [-0.15, -0.1) is 11.3 Å². The molecule has 120 valence electrons. The van der Waals surface area contributed by atoms with E-state index < -0.39 is 0 Å². The van der Waals surface area contributed by atoms with Crippen molar-refractivity contribution in [2.75, 3.05) is 6.54 Å². The van der Waals surface area contributed by atoms with Gasteiger partial charge >= 0.3 is 0 Å². The summed E-state index contributed by atoms with van der Waals surface area (Å²) in [5.74, 6) is 1.49. The fourth-order valence-electron chi connectivity index (χ4n) is 3.51. The van der Waals surface area contributed by atoms with E-state index >= 15 is 0 Å². The lowest BCUT2D eigenvalue weighted by Gasteiger charge is -2.24. The molecule has 2 fully saturated rings. The Hall–Kier alpha value is -1.85. The summed E-state index contributed by atoms with van der Waals surface area (Å²) in [5.41, 5.74) is 1.88. The van der Waals surface area contributed by atoms with Crippen molar-refractivity contribution in [1.82, 2.24) is 10.6 Å². The van der Waals surface area contributed by atoms with Crippen molar-refractivity contribution in [1.29, 1.82) is 0 Å². The number of fused-ring (bicyclic) bond motifs is 2. The maximum Gasteiger partial charge on any atom is 0.251 e. The number of piperidine rings is 1. The molecular weight excluding hydrogens is 308 g/mol. The SMILES string of the molecule is Cc1csc(Oc2ccc(C(=O)NC3CC4CNC3C4)cc2)c1. The molecule has 1 saturated carbocycles. The van der Waals surface area contributed by atoms with Crippen molar-refractivity contribution in [3.05, 3.63) is 46.8 Å². The van der Waals surface area contributed by atoms with Crippen LogP contribution in [0.15, 0.2) is 35.7 Å². The Morgan fingerprint density at radius 1 is 1.30 bits per heavy atom. The fraction of sp³-hybridized carbons (Fsp3) is 0.389. The molecule has 1 aliphatic heterocycles. The summed E-state index contributed by atoms with van der Waals surface area (Å²) in [6, 6.07) is 10.1. The largest absolute Gasteiger partial charge is 0.447 e. The average molecular weight is 328 g/mol. The van der Waals surface area contributed by atoms with E-state index in [-0.39, 0.29) is 11.9 Å². The first-order valence-corrected chi connectivity index (χ1v) is 8.92. The van der Waals surface area contributed by atoms with Gasteiger partial charge < -0.3 is 15.4 Å². The first-order chi connectivity index (χ1) is 11.2. The number of nitrogens with one attached hydrogen (secondary N) is 2. The van der Waals surface area contributed by atoms with Gasteiger partial charge in [-0.2, -0.15) is 0 Å². The summed E-state index contributed by atoms with van der Waals surface area (Å²) in [6.45, 7) is 3.15. The zero-order chi connectivity index (χ0) is 15.8. The highest BCUT2D eigenvalue weighted by Gasteiger charge is 2.39. The standard InChI is InChI=1S/C18H20N2O2S/c1-11-6-17(23-10-11)22-14-4-2-13(3-5-14)18(21)20-16-8-12-7-15(16)19-9-12/h2-6,10,12,15-16,19H,7-9H2,1H3,(H,20,21). The molecule has 1 amide bonds. The third-order valence-corrected chi connectivity index (χ3v) is 5.61. The number of hydrogen-bond acceptors (Lipinski definition) is 4. The number of carbonyl (C=O) groups is 1. The second kappa shape index (κ2) is 5.98. The lowest BCUT2D eigenvalue weighted by Crippen LogP contribution is -2.47. The number of carbonyl (C=O) groups excluding carboxylic acids is 1. The van der Waals surface area contributed by atoms with Gasteiger partial charge in [0.05, 0.1) is 0 Å². The molecule has 2 aromatic rings. The number of thiophene rings is 1. The molecule has 2 N–H and O–H groups in total. The summed E-state index contributed by atoms with van der Waals surface area (Å²) in [4.78, 5) is 12.4. The molecule has 4 nitrogen and oxygen atoms in total. The van der Waals surface area contributed by atoms with Crippen molar-refractivity contribution >= 4 is 17.2 Å². The zero-order valence-electron chi connectivity index (χ0n) is 13.0. The van der Waals surface area contributed by atoms with Gasteiger partial charge in [0, 0.05) is 17.6 Å². The van der Waals surface area contributed by atoms with E-state index in [9.17, 15) is 4.79 Å². The van der Waals surface area contributed by atoms with Gasteiger partial charge in [0.1, 0.15) is 5.75 Å². The minimum absolute atomic E-state index is 0.00266. The van der Waals surface area contributed by atoms with Gasteiger partial charge in [0.2, 0.25) is 0 Å². The van der Waals surface area contributed by atoms with Crippen molar-refractivity contribution in [2.24, 2.45) is 5.92 Å². The van der Waals surface area contributed by atoms with E-state index in [0.717, 1.165) is 29.7 Å². The van der Waals surface area contributed by atoms with E-state index in [4.69, 9.17) is 4.74 Å². The Morgan fingerprint density at radius 3 is 2.74 bits per heavy atom. The van der Waals surface area contributed by atoms with Crippen LogP contribution in [0.3, 0.4) is 0 Å². The summed E-state index contributed by atoms with van der Waals surface area (Å²) in [7, 11) is 0. The Morgan fingerprint density at radius 2 is 2.13 bits per heavy atom. The van der Waals surface area contributed by atoms with E-state index in [1.165, 1.54) is 12.0 Å². The third kappa shape index (κ3) is 3.12. The minimum Gasteiger partial charge on any atom is -0.447 e. The average Bonchev–Trinajstić information content (AvgIpc) is 3.25. The minimum atomic E-state index is 0.00266. The second-order valence-corrected chi connectivity index (χ2v) is 7.38. The molecular formula is C18H20N2O2S. The van der Waals surface area contributed by atoms with E-state index in [0.29, 0.717) is 11.6 Å². The van der Waals surface area contributed by atoms with Gasteiger partial charge in [-0.25, -0.2) is 0 Å². The Labute approximate surface area is 139 Å². The van der Waals surface area contributed by atoms with E-state index in [2.05, 4.69) is 16.0 Å². The molecule has 0 radical (unpaired) electrons. The number of aryl methyl sites for hydroxylation is 1.